The van der Waals surface area contributed by atoms with E-state index in [9.17, 15) is 0 Å². The smallest absolute Gasteiger partial charge is 0.356 e. The molecular weight excluding hydrogens is 664 g/mol. The fourth-order valence-corrected chi connectivity index (χ4v) is 2.06. The van der Waals surface area contributed by atoms with Crippen LogP contribution in [0.4, 0.5) is 0 Å². The number of aromatic nitrogens is 4. The fourth-order valence-electron chi connectivity index (χ4n) is 2.06. The van der Waals surface area contributed by atoms with Gasteiger partial charge in [-0.05, 0) is 48.5 Å². The molecule has 0 aliphatic carbocycles. The first-order chi connectivity index (χ1) is 15.4. The van der Waals surface area contributed by atoms with Gasteiger partial charge in [0.1, 0.15) is 0 Å². The molecule has 0 aliphatic heterocycles. The van der Waals surface area contributed by atoms with Crippen LogP contribution in [0.25, 0.3) is 22.8 Å². The summed E-state index contributed by atoms with van der Waals surface area (Å²) in [5.41, 5.74) is 3.66. The van der Waals surface area contributed by atoms with Crippen molar-refractivity contribution in [3.8, 4) is 22.8 Å². The standard InChI is InChI=1S/2C10H8N2.2Ag.2NO3.2H3N/c2*1-3-7-11-9(5-1)10-6-2-4-8-12-10;;;2*2-1(3)4;;/h2*1-8H;;;;;2*1H3/q;;2*+1;2*-1;;. The molecule has 0 amide bonds. The van der Waals surface area contributed by atoms with Crippen molar-refractivity contribution >= 4 is 0 Å². The normalized spacial score (nSPS) is 7.78. The van der Waals surface area contributed by atoms with E-state index in [-0.39, 0.29) is 57.1 Å². The minimum absolute atomic E-state index is 0. The first-order valence-corrected chi connectivity index (χ1v) is 8.68. The van der Waals surface area contributed by atoms with E-state index in [0.29, 0.717) is 0 Å². The molecule has 200 valence electrons. The number of hydrogen-bond donors (Lipinski definition) is 2. The van der Waals surface area contributed by atoms with E-state index in [0.717, 1.165) is 22.8 Å². The minimum atomic E-state index is -1.75. The van der Waals surface area contributed by atoms with Crippen LogP contribution in [0.1, 0.15) is 0 Å². The van der Waals surface area contributed by atoms with Gasteiger partial charge < -0.3 is 42.9 Å². The predicted molar refractivity (Wildman–Crippen MR) is 126 cm³/mol. The Morgan fingerprint density at radius 1 is 0.444 bits per heavy atom. The van der Waals surface area contributed by atoms with Crippen molar-refractivity contribution in [2.45, 2.75) is 0 Å². The Morgan fingerprint density at radius 3 is 0.722 bits per heavy atom. The largest absolute Gasteiger partial charge is 1.00 e. The molecule has 0 bridgehead atoms. The van der Waals surface area contributed by atoms with Crippen LogP contribution in [-0.2, 0) is 44.8 Å². The Balaban J connectivity index is -0.000000203. The second kappa shape index (κ2) is 24.5. The summed E-state index contributed by atoms with van der Waals surface area (Å²) in [7, 11) is 0. The van der Waals surface area contributed by atoms with Gasteiger partial charge in [-0.25, -0.2) is 0 Å². The van der Waals surface area contributed by atoms with Gasteiger partial charge in [-0.3, -0.25) is 19.9 Å². The molecular formula is C20H22Ag2N8O6. The molecule has 4 aromatic rings. The van der Waals surface area contributed by atoms with Gasteiger partial charge in [0, 0.05) is 24.8 Å². The Morgan fingerprint density at radius 2 is 0.611 bits per heavy atom. The van der Waals surface area contributed by atoms with E-state index >= 15 is 0 Å². The molecule has 0 spiro atoms. The molecule has 14 nitrogen and oxygen atoms in total. The SMILES string of the molecule is N.N.O=[N+]([O-])[O-].O=[N+]([O-])[O-].[Ag+].[Ag+].c1ccc(-c2ccccn2)nc1.c1ccc(-c2ccccn2)nc1. The Bertz CT molecular complexity index is 887. The van der Waals surface area contributed by atoms with Gasteiger partial charge in [0.25, 0.3) is 0 Å². The molecule has 0 fully saturated rings. The van der Waals surface area contributed by atoms with Gasteiger partial charge >= 0.3 is 44.8 Å². The van der Waals surface area contributed by atoms with E-state index < -0.39 is 10.2 Å². The summed E-state index contributed by atoms with van der Waals surface area (Å²) in [5, 5.41) is 29.5. The molecule has 16 heteroatoms. The molecule has 6 N–H and O–H groups in total. The van der Waals surface area contributed by atoms with Gasteiger partial charge in [0.15, 0.2) is 0 Å². The van der Waals surface area contributed by atoms with Crippen molar-refractivity contribution in [1.82, 2.24) is 32.2 Å². The maximum atomic E-state index is 8.25. The Hall–Kier alpha value is -3.60. The van der Waals surface area contributed by atoms with Crippen LogP contribution in [0.3, 0.4) is 0 Å². The number of pyridine rings is 4. The van der Waals surface area contributed by atoms with Gasteiger partial charge in [-0.15, -0.1) is 0 Å². The summed E-state index contributed by atoms with van der Waals surface area (Å²) in [6, 6.07) is 23.2. The van der Waals surface area contributed by atoms with Crippen molar-refractivity contribution < 1.29 is 54.9 Å². The maximum Gasteiger partial charge on any atom is 1.00 e. The zero-order valence-electron chi connectivity index (χ0n) is 18.4. The van der Waals surface area contributed by atoms with Gasteiger partial charge in [-0.2, -0.15) is 0 Å². The second-order valence-electron chi connectivity index (χ2n) is 5.31. The van der Waals surface area contributed by atoms with Crippen LogP contribution in [0, 0.1) is 30.6 Å². The summed E-state index contributed by atoms with van der Waals surface area (Å²) in [6.07, 6.45) is 7.07. The van der Waals surface area contributed by atoms with Crippen LogP contribution >= 0.6 is 0 Å². The Labute approximate surface area is 237 Å². The zero-order valence-corrected chi connectivity index (χ0v) is 21.4. The third-order valence-corrected chi connectivity index (χ3v) is 3.18. The molecule has 4 heterocycles. The minimum Gasteiger partial charge on any atom is -0.356 e. The van der Waals surface area contributed by atoms with Crippen molar-refractivity contribution in [3.63, 3.8) is 0 Å². The quantitative estimate of drug-likeness (QED) is 0.171. The van der Waals surface area contributed by atoms with Crippen LogP contribution in [0.2, 0.25) is 0 Å². The monoisotopic (exact) mass is 684 g/mol. The molecule has 0 saturated carbocycles. The summed E-state index contributed by atoms with van der Waals surface area (Å²) in [6.45, 7) is 0. The average Bonchev–Trinajstić information content (AvgIpc) is 2.81. The maximum absolute atomic E-state index is 8.25. The molecule has 4 aromatic heterocycles. The average molecular weight is 686 g/mol. The van der Waals surface area contributed by atoms with Crippen LogP contribution < -0.4 is 12.3 Å². The van der Waals surface area contributed by atoms with Crippen molar-refractivity contribution in [3.05, 3.63) is 128 Å². The third-order valence-electron chi connectivity index (χ3n) is 3.18. The molecule has 0 unspecified atom stereocenters. The second-order valence-corrected chi connectivity index (χ2v) is 5.31. The topological polar surface area (TPSA) is 254 Å². The molecule has 0 saturated heterocycles. The molecule has 0 aromatic carbocycles. The summed E-state index contributed by atoms with van der Waals surface area (Å²) in [5.74, 6) is 0. The van der Waals surface area contributed by atoms with E-state index in [4.69, 9.17) is 30.6 Å². The molecule has 0 radical (unpaired) electrons. The number of hydrogen-bond acceptors (Lipinski definition) is 12. The van der Waals surface area contributed by atoms with Gasteiger partial charge in [0.2, 0.25) is 0 Å². The van der Waals surface area contributed by atoms with Crippen LogP contribution in [-0.4, -0.2) is 30.1 Å². The number of rotatable bonds is 2. The Kier molecular flexibility index (Phi) is 27.0. The molecule has 36 heavy (non-hydrogen) atoms. The van der Waals surface area contributed by atoms with Crippen LogP contribution in [0.15, 0.2) is 97.6 Å². The zero-order chi connectivity index (χ0) is 23.6. The van der Waals surface area contributed by atoms with Crippen LogP contribution in [0.5, 0.6) is 0 Å². The number of nitrogens with zero attached hydrogens (tertiary/aromatic N) is 6. The van der Waals surface area contributed by atoms with Gasteiger partial charge in [-0.1, -0.05) is 24.3 Å². The molecule has 4 rings (SSSR count). The first-order valence-electron chi connectivity index (χ1n) is 8.68. The molecule has 0 atom stereocenters. The van der Waals surface area contributed by atoms with E-state index in [1.54, 1.807) is 24.8 Å². The van der Waals surface area contributed by atoms with E-state index in [1.165, 1.54) is 0 Å². The molecule has 0 aliphatic rings. The van der Waals surface area contributed by atoms with Gasteiger partial charge in [0.05, 0.1) is 32.9 Å². The van der Waals surface area contributed by atoms with Crippen molar-refractivity contribution in [2.24, 2.45) is 0 Å². The third kappa shape index (κ3) is 19.8. The van der Waals surface area contributed by atoms with Crippen molar-refractivity contribution in [1.29, 1.82) is 0 Å². The first kappa shape index (κ1) is 39.6. The summed E-state index contributed by atoms with van der Waals surface area (Å²) < 4.78 is 0. The summed E-state index contributed by atoms with van der Waals surface area (Å²) >= 11 is 0. The predicted octanol–water partition coefficient (Wildman–Crippen LogP) is 4.13. The van der Waals surface area contributed by atoms with E-state index in [1.807, 2.05) is 72.8 Å². The summed E-state index contributed by atoms with van der Waals surface area (Å²) in [4.78, 5) is 33.2. The van der Waals surface area contributed by atoms with Crippen molar-refractivity contribution in [2.75, 3.05) is 0 Å². The fraction of sp³-hybridized carbons (Fsp3) is 0. The van der Waals surface area contributed by atoms with E-state index in [2.05, 4.69) is 19.9 Å².